The van der Waals surface area contributed by atoms with E-state index in [1.54, 1.807) is 29.3 Å². The van der Waals surface area contributed by atoms with Crippen LogP contribution in [0.25, 0.3) is 0 Å². The fourth-order valence-corrected chi connectivity index (χ4v) is 4.61. The van der Waals surface area contributed by atoms with Crippen LogP contribution < -0.4 is 9.96 Å². The number of benzene rings is 3. The first-order valence-electron chi connectivity index (χ1n) is 9.55. The van der Waals surface area contributed by atoms with E-state index >= 15 is 0 Å². The number of rotatable bonds is 3. The molecule has 5 rings (SSSR count). The lowest BCUT2D eigenvalue weighted by atomic mass is 9.90. The average Bonchev–Trinajstić information content (AvgIpc) is 3.27. The van der Waals surface area contributed by atoms with E-state index in [1.807, 2.05) is 42.5 Å². The fraction of sp³-hybridized carbons (Fsp3) is 0.130. The van der Waals surface area contributed by atoms with Gasteiger partial charge in [0.15, 0.2) is 6.10 Å². The molecule has 31 heavy (non-hydrogen) atoms. The van der Waals surface area contributed by atoms with E-state index in [9.17, 15) is 9.59 Å². The summed E-state index contributed by atoms with van der Waals surface area (Å²) in [7, 11) is 0. The molecule has 0 unspecified atom stereocenters. The van der Waals surface area contributed by atoms with E-state index in [2.05, 4.69) is 0 Å². The Balaban J connectivity index is 1.59. The lowest BCUT2D eigenvalue weighted by Crippen LogP contribution is -2.37. The van der Waals surface area contributed by atoms with Gasteiger partial charge < -0.3 is 0 Å². The highest BCUT2D eigenvalue weighted by molar-refractivity contribution is 6.42. The minimum absolute atomic E-state index is 0.259. The maximum atomic E-state index is 13.5. The topological polar surface area (TPSA) is 49.9 Å². The predicted octanol–water partition coefficient (Wildman–Crippen LogP) is 5.70. The Kier molecular flexibility index (Phi) is 5.15. The molecule has 2 amide bonds. The van der Waals surface area contributed by atoms with Crippen LogP contribution in [0, 0.1) is 5.92 Å². The summed E-state index contributed by atoms with van der Waals surface area (Å²) in [5, 5.41) is 2.76. The number of imide groups is 1. The van der Waals surface area contributed by atoms with Gasteiger partial charge in [-0.15, -0.1) is 0 Å². The number of hydrogen-bond donors (Lipinski definition) is 0. The second-order valence-corrected chi connectivity index (χ2v) is 8.57. The van der Waals surface area contributed by atoms with Gasteiger partial charge in [0.1, 0.15) is 5.92 Å². The van der Waals surface area contributed by atoms with Crippen molar-refractivity contribution < 1.29 is 14.4 Å². The van der Waals surface area contributed by atoms with Crippen molar-refractivity contribution in [3.05, 3.63) is 93.4 Å². The smallest absolute Gasteiger partial charge is 0.266 e. The molecule has 2 fully saturated rings. The highest BCUT2D eigenvalue weighted by Crippen LogP contribution is 2.48. The van der Waals surface area contributed by atoms with Crippen LogP contribution in [0.4, 0.5) is 11.4 Å². The minimum Gasteiger partial charge on any atom is -0.273 e. The molecular weight excluding hydrogens is 459 g/mol. The predicted molar refractivity (Wildman–Crippen MR) is 120 cm³/mol. The van der Waals surface area contributed by atoms with Gasteiger partial charge in [-0.3, -0.25) is 14.4 Å². The van der Waals surface area contributed by atoms with Crippen molar-refractivity contribution in [2.75, 3.05) is 9.96 Å². The minimum atomic E-state index is -0.967. The lowest BCUT2D eigenvalue weighted by Gasteiger charge is -2.28. The normalized spacial score (nSPS) is 22.9. The van der Waals surface area contributed by atoms with Crippen molar-refractivity contribution >= 4 is 58.0 Å². The van der Waals surface area contributed by atoms with Crippen molar-refractivity contribution in [2.45, 2.75) is 12.1 Å². The molecule has 0 bridgehead atoms. The Morgan fingerprint density at radius 3 is 2.23 bits per heavy atom. The number of para-hydroxylation sites is 1. The first-order valence-corrected chi connectivity index (χ1v) is 10.7. The zero-order chi connectivity index (χ0) is 21.7. The molecule has 2 heterocycles. The van der Waals surface area contributed by atoms with E-state index in [1.165, 1.54) is 6.07 Å². The van der Waals surface area contributed by atoms with E-state index in [0.717, 1.165) is 16.2 Å². The van der Waals surface area contributed by atoms with E-state index in [-0.39, 0.29) is 10.9 Å². The van der Waals surface area contributed by atoms with Gasteiger partial charge >= 0.3 is 0 Å². The fourth-order valence-electron chi connectivity index (χ4n) is 4.12. The third-order valence-corrected chi connectivity index (χ3v) is 6.45. The number of anilines is 2. The number of nitrogens with zero attached hydrogens (tertiary/aromatic N) is 2. The van der Waals surface area contributed by atoms with Gasteiger partial charge in [-0.25, -0.2) is 9.96 Å². The van der Waals surface area contributed by atoms with Gasteiger partial charge in [-0.1, -0.05) is 65.1 Å². The Labute approximate surface area is 193 Å². The molecule has 0 aromatic heterocycles. The molecule has 8 heteroatoms. The Morgan fingerprint density at radius 1 is 0.742 bits per heavy atom. The van der Waals surface area contributed by atoms with E-state index in [0.29, 0.717) is 15.7 Å². The van der Waals surface area contributed by atoms with Crippen molar-refractivity contribution in [1.82, 2.24) is 0 Å². The summed E-state index contributed by atoms with van der Waals surface area (Å²) >= 11 is 18.3. The molecule has 0 N–H and O–H groups in total. The summed E-state index contributed by atoms with van der Waals surface area (Å²) in [5.74, 6) is -1.56. The number of fused-ring (bicyclic) bond motifs is 1. The van der Waals surface area contributed by atoms with Gasteiger partial charge in [-0.05, 0) is 48.0 Å². The molecule has 0 spiro atoms. The molecular formula is C23H15Cl3N2O3. The molecule has 2 aliphatic heterocycles. The van der Waals surface area contributed by atoms with Gasteiger partial charge in [0, 0.05) is 5.02 Å². The van der Waals surface area contributed by atoms with Gasteiger partial charge in [0.05, 0.1) is 27.5 Å². The zero-order valence-corrected chi connectivity index (χ0v) is 18.2. The second kappa shape index (κ2) is 7.84. The van der Waals surface area contributed by atoms with Gasteiger partial charge in [-0.2, -0.15) is 0 Å². The molecule has 156 valence electrons. The molecule has 2 aliphatic rings. The standard InChI is InChI=1S/C23H15Cl3N2O3/c24-14-6-4-5-13(11-14)20-19-21(31-28(20)15-7-2-1-3-8-15)23(30)27(22(19)29)16-9-10-17(25)18(26)12-16/h1-12,19-21H/t19-,20+,21+/m0/s1. The summed E-state index contributed by atoms with van der Waals surface area (Å²) in [6, 6.07) is 20.7. The number of carbonyl (C=O) groups excluding carboxylic acids is 2. The third kappa shape index (κ3) is 3.38. The van der Waals surface area contributed by atoms with Crippen molar-refractivity contribution in [2.24, 2.45) is 5.92 Å². The van der Waals surface area contributed by atoms with Crippen LogP contribution in [0.5, 0.6) is 0 Å². The van der Waals surface area contributed by atoms with Crippen molar-refractivity contribution in [3.63, 3.8) is 0 Å². The lowest BCUT2D eigenvalue weighted by molar-refractivity contribution is -0.126. The average molecular weight is 474 g/mol. The molecule has 0 aliphatic carbocycles. The summed E-state index contributed by atoms with van der Waals surface area (Å²) < 4.78 is 0. The largest absolute Gasteiger partial charge is 0.273 e. The molecule has 3 aromatic carbocycles. The van der Waals surface area contributed by atoms with E-state index in [4.69, 9.17) is 39.6 Å². The summed E-state index contributed by atoms with van der Waals surface area (Å²) in [5.41, 5.74) is 1.88. The highest BCUT2D eigenvalue weighted by atomic mass is 35.5. The van der Waals surface area contributed by atoms with Crippen LogP contribution in [0.1, 0.15) is 11.6 Å². The quantitative estimate of drug-likeness (QED) is 0.458. The van der Waals surface area contributed by atoms with Gasteiger partial charge in [0.2, 0.25) is 5.91 Å². The van der Waals surface area contributed by atoms with Crippen molar-refractivity contribution in [1.29, 1.82) is 0 Å². The Bertz CT molecular complexity index is 1190. The Morgan fingerprint density at radius 2 is 1.52 bits per heavy atom. The molecule has 2 saturated heterocycles. The Hall–Kier alpha value is -2.57. The molecule has 5 nitrogen and oxygen atoms in total. The first-order chi connectivity index (χ1) is 15.0. The SMILES string of the molecule is O=C1[C@H]2[C@@H](c3cccc(Cl)c3)N(c3ccccc3)O[C@H]2C(=O)N1c1ccc(Cl)c(Cl)c1. The summed E-state index contributed by atoms with van der Waals surface area (Å²) in [6.07, 6.45) is -0.967. The van der Waals surface area contributed by atoms with Gasteiger partial charge in [0.25, 0.3) is 5.91 Å². The number of hydrogen-bond acceptors (Lipinski definition) is 4. The van der Waals surface area contributed by atoms with Crippen LogP contribution in [-0.2, 0) is 14.4 Å². The van der Waals surface area contributed by atoms with Crippen molar-refractivity contribution in [3.8, 4) is 0 Å². The van der Waals surface area contributed by atoms with Crippen LogP contribution >= 0.6 is 34.8 Å². The zero-order valence-electron chi connectivity index (χ0n) is 15.9. The second-order valence-electron chi connectivity index (χ2n) is 7.32. The number of amides is 2. The van der Waals surface area contributed by atoms with Crippen LogP contribution in [-0.4, -0.2) is 17.9 Å². The summed E-state index contributed by atoms with van der Waals surface area (Å²) in [4.78, 5) is 34.0. The summed E-state index contributed by atoms with van der Waals surface area (Å²) in [6.45, 7) is 0. The number of carbonyl (C=O) groups is 2. The monoisotopic (exact) mass is 472 g/mol. The van der Waals surface area contributed by atoms with Crippen LogP contribution in [0.2, 0.25) is 15.1 Å². The van der Waals surface area contributed by atoms with Crippen LogP contribution in [0.15, 0.2) is 72.8 Å². The van der Waals surface area contributed by atoms with E-state index < -0.39 is 24.0 Å². The molecule has 0 saturated carbocycles. The molecule has 0 radical (unpaired) electrons. The number of halogens is 3. The third-order valence-electron chi connectivity index (χ3n) is 5.48. The van der Waals surface area contributed by atoms with Crippen LogP contribution in [0.3, 0.4) is 0 Å². The maximum Gasteiger partial charge on any atom is 0.266 e. The molecule has 3 atom stereocenters. The highest BCUT2D eigenvalue weighted by Gasteiger charge is 2.60. The molecule has 3 aromatic rings. The number of hydroxylamine groups is 1. The maximum absolute atomic E-state index is 13.5. The first kappa shape index (κ1) is 20.3.